The highest BCUT2D eigenvalue weighted by Gasteiger charge is 2.14. The largest absolute Gasteiger partial charge is 0.445 e. The molecule has 0 unspecified atom stereocenters. The van der Waals surface area contributed by atoms with E-state index in [1.807, 2.05) is 0 Å². The molecule has 4 rings (SSSR count). The van der Waals surface area contributed by atoms with Gasteiger partial charge in [-0.3, -0.25) is 19.7 Å². The summed E-state index contributed by atoms with van der Waals surface area (Å²) >= 11 is 6.29. The number of aromatic nitrogens is 4. The van der Waals surface area contributed by atoms with Crippen LogP contribution in [0.15, 0.2) is 65.9 Å². The van der Waals surface area contributed by atoms with Crippen LogP contribution < -0.4 is 0 Å². The van der Waals surface area contributed by atoms with Gasteiger partial charge < -0.3 is 4.42 Å². The lowest BCUT2D eigenvalue weighted by Gasteiger charge is -2.07. The highest BCUT2D eigenvalue weighted by molar-refractivity contribution is 6.33. The number of oxazole rings is 1. The van der Waals surface area contributed by atoms with Gasteiger partial charge in [-0.15, -0.1) is 0 Å². The molecule has 0 radical (unpaired) electrons. The number of hydrogen-bond acceptors (Lipinski definition) is 6. The van der Waals surface area contributed by atoms with E-state index in [4.69, 9.17) is 16.0 Å². The highest BCUT2D eigenvalue weighted by Crippen LogP contribution is 2.30. The van der Waals surface area contributed by atoms with Crippen molar-refractivity contribution in [2.75, 3.05) is 0 Å². The number of carbonyl (C=O) groups excluding carboxylic acids is 1. The van der Waals surface area contributed by atoms with Crippen molar-refractivity contribution < 1.29 is 13.6 Å². The molecule has 6 nitrogen and oxygen atoms in total. The van der Waals surface area contributed by atoms with Gasteiger partial charge in [0.05, 0.1) is 47.0 Å². The second kappa shape index (κ2) is 7.66. The molecule has 4 aromatic rings. The van der Waals surface area contributed by atoms with E-state index >= 15 is 0 Å². The van der Waals surface area contributed by atoms with E-state index < -0.39 is 11.6 Å². The van der Waals surface area contributed by atoms with Crippen molar-refractivity contribution in [2.24, 2.45) is 0 Å². The van der Waals surface area contributed by atoms with Crippen molar-refractivity contribution in [3.8, 4) is 22.7 Å². The van der Waals surface area contributed by atoms with Crippen LogP contribution in [-0.4, -0.2) is 25.7 Å². The van der Waals surface area contributed by atoms with Crippen molar-refractivity contribution in [1.82, 2.24) is 19.9 Å². The second-order valence-corrected chi connectivity index (χ2v) is 6.29. The average Bonchev–Trinajstić information content (AvgIpc) is 3.24. The van der Waals surface area contributed by atoms with Gasteiger partial charge in [0.15, 0.2) is 11.6 Å². The summed E-state index contributed by atoms with van der Waals surface area (Å²) in [5.41, 5.74) is 2.33. The van der Waals surface area contributed by atoms with Gasteiger partial charge in [-0.2, -0.15) is 0 Å². The van der Waals surface area contributed by atoms with Crippen LogP contribution in [0.1, 0.15) is 16.1 Å². The maximum Gasteiger partial charge on any atom is 0.225 e. The number of ketones is 1. The number of hydrogen-bond donors (Lipinski definition) is 0. The average molecular weight is 395 g/mol. The summed E-state index contributed by atoms with van der Waals surface area (Å²) < 4.78 is 19.0. The Morgan fingerprint density at radius 1 is 1.07 bits per heavy atom. The molecule has 138 valence electrons. The number of Topliss-reactive ketones (excluding diaryl/α,β-unsaturated/α-hetero) is 1. The minimum atomic E-state index is -0.660. The highest BCUT2D eigenvalue weighted by atomic mass is 35.5. The smallest absolute Gasteiger partial charge is 0.225 e. The Bertz CT molecular complexity index is 1130. The monoisotopic (exact) mass is 394 g/mol. The number of nitrogens with zero attached hydrogens (tertiary/aromatic N) is 4. The van der Waals surface area contributed by atoms with Crippen LogP contribution >= 0.6 is 11.6 Å². The van der Waals surface area contributed by atoms with Crippen LogP contribution in [0.25, 0.3) is 22.7 Å². The third-order valence-corrected chi connectivity index (χ3v) is 4.37. The molecule has 0 spiro atoms. The zero-order valence-corrected chi connectivity index (χ0v) is 15.1. The summed E-state index contributed by atoms with van der Waals surface area (Å²) in [6, 6.07) is 6.66. The molecular formula is C20H12ClFN4O2. The van der Waals surface area contributed by atoms with E-state index in [2.05, 4.69) is 19.9 Å². The molecule has 28 heavy (non-hydrogen) atoms. The number of pyridine rings is 1. The van der Waals surface area contributed by atoms with Crippen LogP contribution in [0.5, 0.6) is 0 Å². The molecule has 8 heteroatoms. The maximum absolute atomic E-state index is 13.7. The minimum Gasteiger partial charge on any atom is -0.445 e. The van der Waals surface area contributed by atoms with Crippen molar-refractivity contribution in [3.63, 3.8) is 0 Å². The van der Waals surface area contributed by atoms with Crippen molar-refractivity contribution in [1.29, 1.82) is 0 Å². The zero-order valence-electron chi connectivity index (χ0n) is 14.3. The molecule has 0 amide bonds. The van der Waals surface area contributed by atoms with Crippen LogP contribution in [0.3, 0.4) is 0 Å². The van der Waals surface area contributed by atoms with E-state index in [-0.39, 0.29) is 12.0 Å². The third-order valence-electron chi connectivity index (χ3n) is 4.04. The van der Waals surface area contributed by atoms with Crippen LogP contribution in [0, 0.1) is 5.82 Å². The first kappa shape index (κ1) is 17.9. The summed E-state index contributed by atoms with van der Waals surface area (Å²) in [7, 11) is 0. The third kappa shape index (κ3) is 3.65. The van der Waals surface area contributed by atoms with Crippen LogP contribution in [0.4, 0.5) is 4.39 Å². The molecule has 0 aliphatic rings. The van der Waals surface area contributed by atoms with Crippen molar-refractivity contribution in [3.05, 3.63) is 83.6 Å². The molecule has 3 aromatic heterocycles. The Labute approximate surface area is 164 Å². The predicted octanol–water partition coefficient (Wildman–Crippen LogP) is 4.41. The molecule has 0 aliphatic heterocycles. The Kier molecular flexibility index (Phi) is 4.90. The maximum atomic E-state index is 13.7. The fourth-order valence-electron chi connectivity index (χ4n) is 2.67. The number of benzene rings is 1. The summed E-state index contributed by atoms with van der Waals surface area (Å²) in [5.74, 6) is -0.592. The molecule has 0 fully saturated rings. The van der Waals surface area contributed by atoms with Gasteiger partial charge in [0, 0.05) is 23.5 Å². The van der Waals surface area contributed by atoms with Crippen LogP contribution in [0.2, 0.25) is 5.02 Å². The van der Waals surface area contributed by atoms with Crippen molar-refractivity contribution in [2.45, 2.75) is 6.42 Å². The summed E-state index contributed by atoms with van der Waals surface area (Å²) in [5, 5.41) is 0.493. The summed E-state index contributed by atoms with van der Waals surface area (Å²) in [6.07, 6.45) is 8.34. The van der Waals surface area contributed by atoms with E-state index in [1.165, 1.54) is 30.9 Å². The van der Waals surface area contributed by atoms with Gasteiger partial charge in [0.1, 0.15) is 6.26 Å². The van der Waals surface area contributed by atoms with Crippen LogP contribution in [-0.2, 0) is 6.42 Å². The number of halogens is 2. The van der Waals surface area contributed by atoms with Gasteiger partial charge in [-0.1, -0.05) is 11.6 Å². The fraction of sp³-hybridized carbons (Fsp3) is 0.0500. The van der Waals surface area contributed by atoms with E-state index in [0.717, 1.165) is 11.8 Å². The Hall–Kier alpha value is -3.45. The van der Waals surface area contributed by atoms with E-state index in [1.54, 1.807) is 24.4 Å². The fourth-order valence-corrected chi connectivity index (χ4v) is 2.88. The minimum absolute atomic E-state index is 0.0254. The molecule has 0 bridgehead atoms. The lowest BCUT2D eigenvalue weighted by Crippen LogP contribution is -2.08. The quantitative estimate of drug-likeness (QED) is 0.466. The SMILES string of the molecule is O=C(Cc1cnc(-c2cc(-c3ncco3)ccc2Cl)cn1)c1ccncc1F. The Morgan fingerprint density at radius 2 is 1.96 bits per heavy atom. The normalized spacial score (nSPS) is 10.8. The topological polar surface area (TPSA) is 81.8 Å². The number of carbonyl (C=O) groups is 1. The lowest BCUT2D eigenvalue weighted by molar-refractivity contribution is 0.0988. The molecule has 1 aromatic carbocycles. The molecule has 3 heterocycles. The van der Waals surface area contributed by atoms with Gasteiger partial charge >= 0.3 is 0 Å². The van der Waals surface area contributed by atoms with Gasteiger partial charge in [-0.05, 0) is 24.3 Å². The first-order chi connectivity index (χ1) is 13.6. The lowest BCUT2D eigenvalue weighted by atomic mass is 10.1. The van der Waals surface area contributed by atoms with Gasteiger partial charge in [0.25, 0.3) is 0 Å². The molecule has 0 saturated heterocycles. The zero-order chi connectivity index (χ0) is 19.5. The first-order valence-electron chi connectivity index (χ1n) is 8.25. The standard InChI is InChI=1S/C20H12ClFN4O2/c21-16-2-1-12(20-24-5-6-28-20)7-15(16)18-11-25-13(9-26-18)8-19(27)14-3-4-23-10-17(14)22/h1-7,9-11H,8H2. The predicted molar refractivity (Wildman–Crippen MR) is 100 cm³/mol. The van der Waals surface area contributed by atoms with E-state index in [9.17, 15) is 9.18 Å². The second-order valence-electron chi connectivity index (χ2n) is 5.88. The molecule has 0 aliphatic carbocycles. The number of rotatable bonds is 5. The molecule has 0 saturated carbocycles. The molecule has 0 N–H and O–H groups in total. The summed E-state index contributed by atoms with van der Waals surface area (Å²) in [6.45, 7) is 0. The Morgan fingerprint density at radius 3 is 2.68 bits per heavy atom. The van der Waals surface area contributed by atoms with E-state index in [0.29, 0.717) is 27.9 Å². The molecular weight excluding hydrogens is 383 g/mol. The Balaban J connectivity index is 1.58. The van der Waals surface area contributed by atoms with Gasteiger partial charge in [0.2, 0.25) is 5.89 Å². The summed E-state index contributed by atoms with van der Waals surface area (Å²) in [4.78, 5) is 28.6. The van der Waals surface area contributed by atoms with Gasteiger partial charge in [-0.25, -0.2) is 9.37 Å². The molecule has 0 atom stereocenters. The van der Waals surface area contributed by atoms with Crippen molar-refractivity contribution >= 4 is 17.4 Å². The first-order valence-corrected chi connectivity index (χ1v) is 8.63.